The summed E-state index contributed by atoms with van der Waals surface area (Å²) < 4.78 is 53.7. The highest BCUT2D eigenvalue weighted by molar-refractivity contribution is 7.91. The maximum Gasteiger partial charge on any atom is 0.394 e. The largest absolute Gasteiger partial charge is 0.445 e. The molecular weight excluding hydrogens is 661 g/mol. The van der Waals surface area contributed by atoms with Gasteiger partial charge in [0.2, 0.25) is 21.8 Å². The smallest absolute Gasteiger partial charge is 0.394 e. The lowest BCUT2D eigenvalue weighted by Crippen LogP contribution is -2.47. The molecule has 2 amide bonds. The molecule has 0 unspecified atom stereocenters. The summed E-state index contributed by atoms with van der Waals surface area (Å²) in [4.78, 5) is 48.8. The number of benzene rings is 2. The second-order valence-electron chi connectivity index (χ2n) is 15.0. The van der Waals surface area contributed by atoms with E-state index in [9.17, 15) is 27.2 Å². The van der Waals surface area contributed by atoms with Crippen LogP contribution >= 0.6 is 0 Å². The van der Waals surface area contributed by atoms with Crippen LogP contribution in [0.1, 0.15) is 82.3 Å². The Morgan fingerprint density at radius 2 is 1.94 bits per heavy atom. The molecule has 266 valence electrons. The third kappa shape index (κ3) is 6.83. The van der Waals surface area contributed by atoms with Crippen LogP contribution in [0.15, 0.2) is 59.0 Å². The number of ketones is 1. The fourth-order valence-electron chi connectivity index (χ4n) is 7.58. The molecule has 3 fully saturated rings. The quantitative estimate of drug-likeness (QED) is 0.297. The van der Waals surface area contributed by atoms with Crippen LogP contribution in [0.4, 0.5) is 4.39 Å². The Morgan fingerprint density at radius 1 is 1.14 bits per heavy atom. The number of rotatable bonds is 7. The molecule has 50 heavy (non-hydrogen) atoms. The molecule has 2 aliphatic heterocycles. The average Bonchev–Trinajstić information content (AvgIpc) is 3.88. The maximum absolute atomic E-state index is 14.6. The monoisotopic (exact) mass is 705 g/mol. The van der Waals surface area contributed by atoms with E-state index in [0.29, 0.717) is 48.8 Å². The van der Waals surface area contributed by atoms with E-state index in [-0.39, 0.29) is 48.9 Å². The van der Waals surface area contributed by atoms with E-state index in [1.807, 2.05) is 24.3 Å². The summed E-state index contributed by atoms with van der Waals surface area (Å²) in [6, 6.07) is 11.2. The van der Waals surface area contributed by atoms with Gasteiger partial charge < -0.3 is 14.1 Å². The Bertz CT molecular complexity index is 1920. The predicted octanol–water partition coefficient (Wildman–Crippen LogP) is 5.97. The fraction of sp³-hybridized carbons (Fsp3) is 0.526. The summed E-state index contributed by atoms with van der Waals surface area (Å²) >= 11 is 0. The first-order valence-corrected chi connectivity index (χ1v) is 19.2. The molecule has 0 bridgehead atoms. The number of carbonyl (C=O) groups excluding carboxylic acids is 3. The molecule has 2 saturated carbocycles. The van der Waals surface area contributed by atoms with E-state index in [0.717, 1.165) is 31.2 Å². The number of nitrogens with one attached hydrogen (secondary N) is 1. The van der Waals surface area contributed by atoms with Crippen LogP contribution in [0.2, 0.25) is 0 Å². The van der Waals surface area contributed by atoms with E-state index >= 15 is 0 Å². The molecule has 5 atom stereocenters. The Hall–Kier alpha value is -4.06. The zero-order valence-corrected chi connectivity index (χ0v) is 29.3. The zero-order chi connectivity index (χ0) is 35.3. The van der Waals surface area contributed by atoms with Gasteiger partial charge >= 0.3 is 6.08 Å². The van der Waals surface area contributed by atoms with Gasteiger partial charge in [-0.15, -0.1) is 0 Å². The van der Waals surface area contributed by atoms with Crippen molar-refractivity contribution in [3.8, 4) is 6.08 Å². The van der Waals surface area contributed by atoms with E-state index < -0.39 is 44.2 Å². The van der Waals surface area contributed by atoms with Crippen molar-refractivity contribution in [3.63, 3.8) is 0 Å². The fourth-order valence-corrected chi connectivity index (χ4v) is 8.92. The molecule has 2 aromatic carbocycles. The van der Waals surface area contributed by atoms with Gasteiger partial charge in [-0.3, -0.25) is 19.1 Å². The number of hydrogen-bond acceptors (Lipinski definition) is 8. The van der Waals surface area contributed by atoms with Crippen molar-refractivity contribution in [1.29, 1.82) is 0 Å². The number of aryl methyl sites for hydroxylation is 1. The topological polar surface area (TPSA) is 136 Å². The lowest BCUT2D eigenvalue weighted by atomic mass is 9.89. The molecule has 1 N–H and O–H groups in total. The number of ether oxygens (including phenoxy) is 1. The van der Waals surface area contributed by atoms with E-state index in [2.05, 4.69) is 9.71 Å². The highest BCUT2D eigenvalue weighted by atomic mass is 32.2. The Labute approximate surface area is 291 Å². The number of amides is 2. The van der Waals surface area contributed by atoms with E-state index in [1.54, 1.807) is 43.0 Å². The third-order valence-corrected chi connectivity index (χ3v) is 13.4. The second kappa shape index (κ2) is 13.2. The van der Waals surface area contributed by atoms with Crippen LogP contribution in [0.25, 0.3) is 11.1 Å². The minimum Gasteiger partial charge on any atom is -0.445 e. The van der Waals surface area contributed by atoms with Crippen LogP contribution in [0.3, 0.4) is 0 Å². The normalized spacial score (nSPS) is 29.0. The SMILES string of the molecule is Cc1cc(C[C@H]2CCCCC/C=C\[C@@H]3C[C@@]3(C(=O)NS(=O)(=O)C3(C)CC3)CC(=O)[C@@H]3C[C@@H](Oc4nc5ccccc5o4)CN3C2=O)ccc1F. The molecule has 2 aliphatic carbocycles. The van der Waals surface area contributed by atoms with Gasteiger partial charge in [-0.1, -0.05) is 49.3 Å². The number of oxazole rings is 1. The molecule has 10 nitrogen and oxygen atoms in total. The zero-order valence-electron chi connectivity index (χ0n) is 28.5. The van der Waals surface area contributed by atoms with Crippen LogP contribution < -0.4 is 9.46 Å². The number of aromatic nitrogens is 1. The van der Waals surface area contributed by atoms with Gasteiger partial charge in [0.1, 0.15) is 17.4 Å². The minimum atomic E-state index is -3.91. The summed E-state index contributed by atoms with van der Waals surface area (Å²) in [6.45, 7) is 3.43. The highest BCUT2D eigenvalue weighted by Crippen LogP contribution is 2.57. The van der Waals surface area contributed by atoms with Crippen molar-refractivity contribution in [2.45, 2.75) is 101 Å². The van der Waals surface area contributed by atoms with Crippen LogP contribution in [-0.4, -0.2) is 59.3 Å². The maximum atomic E-state index is 14.6. The number of Topliss-reactive ketones (excluding diaryl/α,β-unsaturated/α-hetero) is 1. The van der Waals surface area contributed by atoms with Gasteiger partial charge in [0.15, 0.2) is 11.4 Å². The van der Waals surface area contributed by atoms with Gasteiger partial charge in [-0.05, 0) is 94.0 Å². The Morgan fingerprint density at radius 3 is 2.70 bits per heavy atom. The first-order valence-electron chi connectivity index (χ1n) is 17.7. The number of carbonyl (C=O) groups is 3. The molecule has 1 saturated heterocycles. The molecule has 3 aromatic rings. The van der Waals surface area contributed by atoms with Gasteiger partial charge in [-0.2, -0.15) is 4.98 Å². The number of nitrogens with zero attached hydrogens (tertiary/aromatic N) is 2. The molecule has 1 aromatic heterocycles. The first kappa shape index (κ1) is 34.4. The van der Waals surface area contributed by atoms with Crippen molar-refractivity contribution in [3.05, 3.63) is 71.6 Å². The molecule has 12 heteroatoms. The molecule has 0 spiro atoms. The molecule has 0 radical (unpaired) electrons. The highest BCUT2D eigenvalue weighted by Gasteiger charge is 2.62. The van der Waals surface area contributed by atoms with Crippen molar-refractivity contribution in [1.82, 2.24) is 14.6 Å². The standard InChI is InChI=1S/C38H44FN3O7S/c1-24-18-25(14-15-29(24)39)19-26-10-6-4-3-5-7-11-27-21-38(27,35(45)41-50(46,47)37(2)16-17-37)22-32(43)31-20-28(23-42(31)34(26)44)48-36-40-30-12-8-9-13-33(30)49-36/h7-9,11-15,18,26-28,31H,3-6,10,16-17,19-23H2,1-2H3,(H,41,45)/b11-7-/t26-,27-,28-,31+,38-/m1/s1. The lowest BCUT2D eigenvalue weighted by molar-refractivity contribution is -0.142. The number of sulfonamides is 1. The van der Waals surface area contributed by atoms with Crippen LogP contribution in [0, 0.1) is 30.0 Å². The molecule has 3 heterocycles. The number of allylic oxidation sites excluding steroid dienone is 2. The first-order chi connectivity index (χ1) is 23.9. The average molecular weight is 706 g/mol. The van der Waals surface area contributed by atoms with Gasteiger partial charge in [0, 0.05) is 18.8 Å². The van der Waals surface area contributed by atoms with E-state index in [1.165, 1.54) is 6.07 Å². The third-order valence-electron chi connectivity index (χ3n) is 11.2. The summed E-state index contributed by atoms with van der Waals surface area (Å²) in [5, 5.41) is 0. The molecule has 4 aliphatic rings. The Balaban J connectivity index is 1.19. The Kier molecular flexibility index (Phi) is 9.11. The van der Waals surface area contributed by atoms with Crippen LogP contribution in [-0.2, 0) is 30.8 Å². The van der Waals surface area contributed by atoms with Crippen molar-refractivity contribution in [2.24, 2.45) is 17.3 Å². The predicted molar refractivity (Wildman–Crippen MR) is 184 cm³/mol. The van der Waals surface area contributed by atoms with Crippen LogP contribution in [0.5, 0.6) is 6.08 Å². The summed E-state index contributed by atoms with van der Waals surface area (Å²) in [5.41, 5.74) is 1.29. The van der Waals surface area contributed by atoms with Crippen molar-refractivity contribution in [2.75, 3.05) is 6.54 Å². The summed E-state index contributed by atoms with van der Waals surface area (Å²) in [6.07, 6.45) is 9.01. The molecule has 7 rings (SSSR count). The molecular formula is C38H44FN3O7S. The number of para-hydroxylation sites is 2. The number of halogens is 1. The number of hydrogen-bond donors (Lipinski definition) is 1. The van der Waals surface area contributed by atoms with E-state index in [4.69, 9.17) is 9.15 Å². The van der Waals surface area contributed by atoms with Gasteiger partial charge in [0.05, 0.1) is 22.7 Å². The summed E-state index contributed by atoms with van der Waals surface area (Å²) in [5.74, 6) is -2.22. The second-order valence-corrected chi connectivity index (χ2v) is 17.2. The summed E-state index contributed by atoms with van der Waals surface area (Å²) in [7, 11) is -3.91. The van der Waals surface area contributed by atoms with Crippen molar-refractivity contribution >= 4 is 38.7 Å². The lowest BCUT2D eigenvalue weighted by Gasteiger charge is -2.29. The van der Waals surface area contributed by atoms with Gasteiger partial charge in [-0.25, -0.2) is 12.8 Å². The van der Waals surface area contributed by atoms with Gasteiger partial charge in [0.25, 0.3) is 0 Å². The minimum absolute atomic E-state index is 0.0409. The number of fused-ring (bicyclic) bond motifs is 3. The van der Waals surface area contributed by atoms with Crippen molar-refractivity contribution < 1.29 is 36.3 Å².